The number of nitrogens with zero attached hydrogens (tertiary/aromatic N) is 2. The third-order valence-corrected chi connectivity index (χ3v) is 5.13. The average molecular weight is 404 g/mol. The normalized spacial score (nSPS) is 13.3. The second kappa shape index (κ2) is 8.10. The van der Waals surface area contributed by atoms with E-state index in [-0.39, 0.29) is 29.8 Å². The molecule has 4 rings (SSSR count). The molecule has 0 saturated heterocycles. The molecule has 1 fully saturated rings. The van der Waals surface area contributed by atoms with Gasteiger partial charge in [-0.1, -0.05) is 18.2 Å². The molecular weight excluding hydrogens is 380 g/mol. The van der Waals surface area contributed by atoms with Crippen LogP contribution in [0.5, 0.6) is 0 Å². The van der Waals surface area contributed by atoms with Gasteiger partial charge in [-0.15, -0.1) is 0 Å². The first-order valence-electron chi connectivity index (χ1n) is 10.1. The highest BCUT2D eigenvalue weighted by Gasteiger charge is 2.28. The molecule has 0 aliphatic heterocycles. The lowest BCUT2D eigenvalue weighted by Gasteiger charge is -2.14. The van der Waals surface area contributed by atoms with Crippen molar-refractivity contribution >= 4 is 34.1 Å². The predicted molar refractivity (Wildman–Crippen MR) is 117 cm³/mol. The van der Waals surface area contributed by atoms with Crippen LogP contribution in [0.1, 0.15) is 43.6 Å². The Kier molecular flexibility index (Phi) is 5.35. The van der Waals surface area contributed by atoms with Crippen molar-refractivity contribution in [3.05, 3.63) is 64.2 Å². The number of fused-ring (bicyclic) bond motifs is 1. The summed E-state index contributed by atoms with van der Waals surface area (Å²) in [7, 11) is 0. The van der Waals surface area contributed by atoms with Crippen molar-refractivity contribution in [3.63, 3.8) is 0 Å². The quantitative estimate of drug-likeness (QED) is 0.657. The van der Waals surface area contributed by atoms with Gasteiger partial charge in [-0.05, 0) is 49.6 Å². The molecule has 0 bridgehead atoms. The summed E-state index contributed by atoms with van der Waals surface area (Å²) < 4.78 is 1.75. The Morgan fingerprint density at radius 3 is 2.60 bits per heavy atom. The van der Waals surface area contributed by atoms with E-state index < -0.39 is 0 Å². The Morgan fingerprint density at radius 1 is 1.10 bits per heavy atom. The third kappa shape index (κ3) is 4.25. The second-order valence-corrected chi connectivity index (χ2v) is 7.73. The fraction of sp³-hybridized carbons (Fsp3) is 0.304. The summed E-state index contributed by atoms with van der Waals surface area (Å²) >= 11 is 0. The molecule has 0 spiro atoms. The van der Waals surface area contributed by atoms with Gasteiger partial charge < -0.3 is 10.6 Å². The molecular formula is C23H24N4O3. The summed E-state index contributed by atoms with van der Waals surface area (Å²) in [6.07, 6.45) is 2.47. The van der Waals surface area contributed by atoms with Crippen LogP contribution in [-0.2, 0) is 16.0 Å². The van der Waals surface area contributed by atoms with Crippen molar-refractivity contribution in [2.75, 3.05) is 10.6 Å². The Morgan fingerprint density at radius 2 is 1.87 bits per heavy atom. The smallest absolute Gasteiger partial charge is 0.261 e. The minimum absolute atomic E-state index is 0.0369. The highest BCUT2D eigenvalue weighted by atomic mass is 16.2. The lowest BCUT2D eigenvalue weighted by Crippen LogP contribution is -2.25. The number of aromatic nitrogens is 2. The zero-order valence-corrected chi connectivity index (χ0v) is 17.1. The summed E-state index contributed by atoms with van der Waals surface area (Å²) in [6.45, 7) is 3.34. The first-order valence-corrected chi connectivity index (χ1v) is 10.1. The average Bonchev–Trinajstić information content (AvgIpc) is 3.53. The minimum Gasteiger partial charge on any atom is -0.325 e. The molecule has 2 amide bonds. The number of carbonyl (C=O) groups is 2. The number of hydrogen-bond donors (Lipinski definition) is 2. The van der Waals surface area contributed by atoms with E-state index in [1.165, 1.54) is 6.92 Å². The first-order chi connectivity index (χ1) is 14.4. The molecule has 2 aromatic carbocycles. The maximum Gasteiger partial charge on any atom is 0.261 e. The highest BCUT2D eigenvalue weighted by molar-refractivity contribution is 5.99. The van der Waals surface area contributed by atoms with Crippen molar-refractivity contribution in [3.8, 4) is 0 Å². The van der Waals surface area contributed by atoms with Crippen LogP contribution < -0.4 is 16.2 Å². The minimum atomic E-state index is -0.205. The van der Waals surface area contributed by atoms with Crippen LogP contribution in [0.3, 0.4) is 0 Å². The lowest BCUT2D eigenvalue weighted by atomic mass is 10.1. The number of anilines is 2. The van der Waals surface area contributed by atoms with E-state index in [4.69, 9.17) is 0 Å². The van der Waals surface area contributed by atoms with Gasteiger partial charge in [-0.3, -0.25) is 19.0 Å². The molecule has 30 heavy (non-hydrogen) atoms. The topological polar surface area (TPSA) is 93.1 Å². The molecule has 154 valence electrons. The SMILES string of the molecule is CC(=O)Nc1ccc(C)cc1NC(=O)CCc1nc2ccccc2c(=O)n1C1CC1. The molecule has 1 heterocycles. The number of carbonyl (C=O) groups excluding carboxylic acids is 2. The zero-order chi connectivity index (χ0) is 21.3. The van der Waals surface area contributed by atoms with Crippen LogP contribution in [0.2, 0.25) is 0 Å². The predicted octanol–water partition coefficient (Wildman–Crippen LogP) is 3.57. The fourth-order valence-corrected chi connectivity index (χ4v) is 3.58. The number of rotatable bonds is 6. The van der Waals surface area contributed by atoms with Crippen LogP contribution >= 0.6 is 0 Å². The Hall–Kier alpha value is -3.48. The van der Waals surface area contributed by atoms with Gasteiger partial charge in [0.25, 0.3) is 5.56 Å². The summed E-state index contributed by atoms with van der Waals surface area (Å²) in [6, 6.07) is 12.9. The fourth-order valence-electron chi connectivity index (χ4n) is 3.58. The summed E-state index contributed by atoms with van der Waals surface area (Å²) in [5, 5.41) is 6.21. The maximum absolute atomic E-state index is 12.9. The molecule has 0 radical (unpaired) electrons. The number of aryl methyl sites for hydroxylation is 2. The molecule has 2 N–H and O–H groups in total. The van der Waals surface area contributed by atoms with Crippen molar-refractivity contribution in [1.29, 1.82) is 0 Å². The van der Waals surface area contributed by atoms with E-state index in [9.17, 15) is 14.4 Å². The van der Waals surface area contributed by atoms with Gasteiger partial charge in [0.1, 0.15) is 5.82 Å². The Bertz CT molecular complexity index is 1190. The summed E-state index contributed by atoms with van der Waals surface area (Å²) in [5.74, 6) is 0.239. The van der Waals surface area contributed by atoms with Gasteiger partial charge in [0, 0.05) is 25.8 Å². The molecule has 0 unspecified atom stereocenters. The molecule has 3 aromatic rings. The van der Waals surface area contributed by atoms with Gasteiger partial charge in [0.2, 0.25) is 11.8 Å². The molecule has 0 atom stereocenters. The molecule has 1 aromatic heterocycles. The van der Waals surface area contributed by atoms with E-state index in [2.05, 4.69) is 15.6 Å². The van der Waals surface area contributed by atoms with Gasteiger partial charge >= 0.3 is 0 Å². The third-order valence-electron chi connectivity index (χ3n) is 5.13. The number of nitrogens with one attached hydrogen (secondary N) is 2. The lowest BCUT2D eigenvalue weighted by molar-refractivity contribution is -0.116. The first kappa shape index (κ1) is 19.8. The van der Waals surface area contributed by atoms with Gasteiger partial charge in [-0.25, -0.2) is 4.98 Å². The van der Waals surface area contributed by atoms with Crippen molar-refractivity contribution in [2.24, 2.45) is 0 Å². The van der Waals surface area contributed by atoms with Crippen LogP contribution in [0.15, 0.2) is 47.3 Å². The molecule has 1 aliphatic rings. The zero-order valence-electron chi connectivity index (χ0n) is 17.1. The standard InChI is InChI=1S/C23H24N4O3/c1-14-7-10-19(24-15(2)28)20(13-14)26-22(29)12-11-21-25-18-6-4-3-5-17(18)23(30)27(21)16-8-9-16/h3-7,10,13,16H,8-9,11-12H2,1-2H3,(H,24,28)(H,26,29). The second-order valence-electron chi connectivity index (χ2n) is 7.73. The molecule has 7 heteroatoms. The number of amides is 2. The van der Waals surface area contributed by atoms with Crippen molar-refractivity contribution in [1.82, 2.24) is 9.55 Å². The van der Waals surface area contributed by atoms with E-state index in [0.29, 0.717) is 34.5 Å². The number of hydrogen-bond acceptors (Lipinski definition) is 4. The van der Waals surface area contributed by atoms with Crippen LogP contribution in [-0.4, -0.2) is 21.4 Å². The largest absolute Gasteiger partial charge is 0.325 e. The molecule has 7 nitrogen and oxygen atoms in total. The monoisotopic (exact) mass is 404 g/mol. The molecule has 1 saturated carbocycles. The van der Waals surface area contributed by atoms with E-state index in [0.717, 1.165) is 18.4 Å². The Balaban J connectivity index is 1.54. The van der Waals surface area contributed by atoms with Gasteiger partial charge in [0.15, 0.2) is 0 Å². The Labute approximate surface area is 174 Å². The van der Waals surface area contributed by atoms with Gasteiger partial charge in [-0.2, -0.15) is 0 Å². The van der Waals surface area contributed by atoms with Gasteiger partial charge in [0.05, 0.1) is 22.3 Å². The van der Waals surface area contributed by atoms with Crippen LogP contribution in [0.4, 0.5) is 11.4 Å². The molecule has 1 aliphatic carbocycles. The van der Waals surface area contributed by atoms with E-state index in [1.807, 2.05) is 37.3 Å². The van der Waals surface area contributed by atoms with Crippen molar-refractivity contribution < 1.29 is 9.59 Å². The van der Waals surface area contributed by atoms with Crippen LogP contribution in [0, 0.1) is 6.92 Å². The summed E-state index contributed by atoms with van der Waals surface area (Å²) in [5.41, 5.74) is 2.70. The van der Waals surface area contributed by atoms with Crippen molar-refractivity contribution in [2.45, 2.75) is 45.6 Å². The van der Waals surface area contributed by atoms with Crippen LogP contribution in [0.25, 0.3) is 10.9 Å². The number of para-hydroxylation sites is 1. The van der Waals surface area contributed by atoms with E-state index in [1.54, 1.807) is 16.7 Å². The highest BCUT2D eigenvalue weighted by Crippen LogP contribution is 2.35. The summed E-state index contributed by atoms with van der Waals surface area (Å²) in [4.78, 5) is 41.7. The maximum atomic E-state index is 12.9. The van der Waals surface area contributed by atoms with E-state index >= 15 is 0 Å². The number of benzene rings is 2.